The molecule has 0 aliphatic carbocycles. The second-order valence-electron chi connectivity index (χ2n) is 1.07. The Hall–Kier alpha value is -0.290. The molecule has 46 valence electrons. The molecule has 0 aromatic heterocycles. The van der Waals surface area contributed by atoms with Gasteiger partial charge in [0.25, 0.3) is 0 Å². The molecule has 0 fully saturated rings. The maximum atomic E-state index is 10.3. The second kappa shape index (κ2) is 2.88. The fraction of sp³-hybridized carbons (Fsp3) is 0.500. The van der Waals surface area contributed by atoms with Gasteiger partial charge >= 0.3 is 7.60 Å². The van der Waals surface area contributed by atoms with E-state index in [0.717, 1.165) is 0 Å². The molecule has 0 spiro atoms. The Labute approximate surface area is 48.2 Å². The van der Waals surface area contributed by atoms with Crippen molar-refractivity contribution in [2.45, 2.75) is 6.92 Å². The van der Waals surface area contributed by atoms with Crippen molar-refractivity contribution in [1.29, 1.82) is 0 Å². The van der Waals surface area contributed by atoms with Crippen LogP contribution in [0.5, 0.6) is 0 Å². The molecule has 0 heterocycles. The lowest BCUT2D eigenvalue weighted by Crippen LogP contribution is -1.83. The van der Waals surface area contributed by atoms with Gasteiger partial charge in [-0.05, 0) is 6.92 Å². The molecule has 0 radical (unpaired) electrons. The monoisotopic (exact) mass is 134 g/mol. The highest BCUT2D eigenvalue weighted by atomic mass is 31.2. The summed E-state index contributed by atoms with van der Waals surface area (Å²) in [5.74, 6) is 0. The van der Waals surface area contributed by atoms with E-state index in [2.05, 4.69) is 10.9 Å². The van der Waals surface area contributed by atoms with E-state index >= 15 is 0 Å². The van der Waals surface area contributed by atoms with Crippen LogP contribution in [0.1, 0.15) is 6.92 Å². The molecule has 0 amide bonds. The van der Waals surface area contributed by atoms with Crippen LogP contribution in [-0.4, -0.2) is 11.5 Å². The van der Waals surface area contributed by atoms with E-state index in [-0.39, 0.29) is 6.61 Å². The van der Waals surface area contributed by atoms with E-state index in [1.807, 2.05) is 0 Å². The minimum atomic E-state index is -3.65. The van der Waals surface area contributed by atoms with Crippen molar-refractivity contribution in [3.63, 3.8) is 0 Å². The topological polar surface area (TPSA) is 46.5 Å². The summed E-state index contributed by atoms with van der Waals surface area (Å²) in [7, 11) is -3.65. The Balaban J connectivity index is 3.79. The van der Waals surface area contributed by atoms with Gasteiger partial charge in [-0.1, -0.05) is 0 Å². The molecule has 0 aliphatic rings. The predicted octanol–water partition coefficient (Wildman–Crippen LogP) is 0.799. The second-order valence-corrected chi connectivity index (χ2v) is 2.62. The van der Waals surface area contributed by atoms with Gasteiger partial charge in [-0.2, -0.15) is 0 Å². The first kappa shape index (κ1) is 7.71. The van der Waals surface area contributed by atoms with Crippen molar-refractivity contribution < 1.29 is 14.0 Å². The summed E-state index contributed by atoms with van der Waals surface area (Å²) in [6.07, 6.45) is 4.60. The van der Waals surface area contributed by atoms with Gasteiger partial charge in [0.15, 0.2) is 0 Å². The van der Waals surface area contributed by atoms with Crippen LogP contribution in [0, 0.1) is 12.1 Å². The Kier molecular flexibility index (Phi) is 2.78. The first-order chi connectivity index (χ1) is 3.62. The van der Waals surface area contributed by atoms with E-state index in [9.17, 15) is 4.57 Å². The number of terminal acetylenes is 1. The van der Waals surface area contributed by atoms with Gasteiger partial charge in [0.2, 0.25) is 0 Å². The molecule has 0 aliphatic heterocycles. The first-order valence-electron chi connectivity index (χ1n) is 2.07. The lowest BCUT2D eigenvalue weighted by Gasteiger charge is -1.99. The van der Waals surface area contributed by atoms with Crippen molar-refractivity contribution in [3.05, 3.63) is 0 Å². The fourth-order valence-corrected chi connectivity index (χ4v) is 0.637. The van der Waals surface area contributed by atoms with E-state index < -0.39 is 7.60 Å². The van der Waals surface area contributed by atoms with Crippen LogP contribution < -0.4 is 0 Å². The third-order valence-electron chi connectivity index (χ3n) is 0.467. The van der Waals surface area contributed by atoms with Crippen LogP contribution in [0.4, 0.5) is 0 Å². The number of hydrogen-bond acceptors (Lipinski definition) is 2. The Morgan fingerprint density at radius 2 is 2.50 bits per heavy atom. The molecule has 0 bridgehead atoms. The van der Waals surface area contributed by atoms with Crippen molar-refractivity contribution in [2.24, 2.45) is 0 Å². The van der Waals surface area contributed by atoms with Gasteiger partial charge in [0.1, 0.15) is 0 Å². The SMILES string of the molecule is C#CP(=O)(O)OCC. The average molecular weight is 134 g/mol. The molecule has 0 rings (SSSR count). The molecule has 4 heteroatoms. The third-order valence-corrected chi connectivity index (χ3v) is 1.40. The van der Waals surface area contributed by atoms with Crippen molar-refractivity contribution in [2.75, 3.05) is 6.61 Å². The van der Waals surface area contributed by atoms with Gasteiger partial charge in [-0.3, -0.25) is 4.52 Å². The number of rotatable bonds is 2. The minimum absolute atomic E-state index is 0.165. The summed E-state index contributed by atoms with van der Waals surface area (Å²) < 4.78 is 14.5. The smallest absolute Gasteiger partial charge is 0.315 e. The van der Waals surface area contributed by atoms with Crippen LogP contribution in [0.15, 0.2) is 0 Å². The Bertz CT molecular complexity index is 146. The summed E-state index contributed by atoms with van der Waals surface area (Å²) in [6.45, 7) is 1.76. The average Bonchev–Trinajstić information content (AvgIpc) is 1.67. The Morgan fingerprint density at radius 3 is 2.62 bits per heavy atom. The maximum Gasteiger partial charge on any atom is 0.402 e. The molecular weight excluding hydrogens is 127 g/mol. The quantitative estimate of drug-likeness (QED) is 0.448. The zero-order valence-electron chi connectivity index (χ0n) is 4.50. The van der Waals surface area contributed by atoms with E-state index in [4.69, 9.17) is 4.89 Å². The lowest BCUT2D eigenvalue weighted by atomic mass is 10.9. The van der Waals surface area contributed by atoms with Crippen molar-refractivity contribution >= 4 is 7.60 Å². The van der Waals surface area contributed by atoms with Crippen LogP contribution in [0.2, 0.25) is 0 Å². The zero-order valence-corrected chi connectivity index (χ0v) is 5.39. The zero-order chi connectivity index (χ0) is 6.62. The van der Waals surface area contributed by atoms with E-state index in [1.165, 1.54) is 0 Å². The standard InChI is InChI=1S/C4H7O3P/c1-3-7-8(5,6)4-2/h2H,3H2,1H3,(H,5,6). The van der Waals surface area contributed by atoms with Gasteiger partial charge in [-0.25, -0.2) is 4.57 Å². The molecule has 0 aromatic rings. The summed E-state index contributed by atoms with van der Waals surface area (Å²) in [5, 5.41) is 0. The highest BCUT2D eigenvalue weighted by molar-refractivity contribution is 7.58. The molecule has 1 atom stereocenters. The van der Waals surface area contributed by atoms with E-state index in [1.54, 1.807) is 12.6 Å². The number of hydrogen-bond donors (Lipinski definition) is 1. The predicted molar refractivity (Wildman–Crippen MR) is 30.3 cm³/mol. The first-order valence-corrected chi connectivity index (χ1v) is 3.65. The van der Waals surface area contributed by atoms with Gasteiger partial charge in [0, 0.05) is 5.66 Å². The molecule has 1 unspecified atom stereocenters. The maximum absolute atomic E-state index is 10.3. The van der Waals surface area contributed by atoms with Crippen molar-refractivity contribution in [1.82, 2.24) is 0 Å². The summed E-state index contributed by atoms with van der Waals surface area (Å²) in [5.41, 5.74) is 1.63. The Morgan fingerprint density at radius 1 is 2.00 bits per heavy atom. The molecule has 1 N–H and O–H groups in total. The minimum Gasteiger partial charge on any atom is -0.315 e. The van der Waals surface area contributed by atoms with Gasteiger partial charge < -0.3 is 4.89 Å². The summed E-state index contributed by atoms with van der Waals surface area (Å²) in [4.78, 5) is 8.42. The van der Waals surface area contributed by atoms with Gasteiger partial charge in [0.05, 0.1) is 6.61 Å². The lowest BCUT2D eigenvalue weighted by molar-refractivity contribution is 0.285. The normalized spacial score (nSPS) is 16.6. The molecule has 3 nitrogen and oxygen atoms in total. The molecule has 0 aromatic carbocycles. The highest BCUT2D eigenvalue weighted by Crippen LogP contribution is 2.39. The molecule has 0 saturated heterocycles. The van der Waals surface area contributed by atoms with E-state index in [0.29, 0.717) is 0 Å². The summed E-state index contributed by atoms with van der Waals surface area (Å²) >= 11 is 0. The molecule has 8 heavy (non-hydrogen) atoms. The summed E-state index contributed by atoms with van der Waals surface area (Å²) in [6, 6.07) is 0. The largest absolute Gasteiger partial charge is 0.402 e. The highest BCUT2D eigenvalue weighted by Gasteiger charge is 2.11. The van der Waals surface area contributed by atoms with Crippen molar-refractivity contribution in [3.8, 4) is 12.1 Å². The van der Waals surface area contributed by atoms with Crippen LogP contribution >= 0.6 is 7.60 Å². The van der Waals surface area contributed by atoms with Crippen LogP contribution in [0.25, 0.3) is 0 Å². The third kappa shape index (κ3) is 2.81. The van der Waals surface area contributed by atoms with Gasteiger partial charge in [-0.15, -0.1) is 6.42 Å². The molecule has 0 saturated carbocycles. The van der Waals surface area contributed by atoms with Crippen LogP contribution in [0.3, 0.4) is 0 Å². The molecular formula is C4H7O3P. The van der Waals surface area contributed by atoms with Crippen LogP contribution in [-0.2, 0) is 9.09 Å². The fourth-order valence-electron chi connectivity index (χ4n) is 0.212.